The molecule has 1 heterocycles. The molecule has 0 aliphatic carbocycles. The first kappa shape index (κ1) is 11.6. The third kappa shape index (κ3) is 1.59. The number of nitrogens with two attached hydrogens (primary N) is 1. The number of hydrogen-bond acceptors (Lipinski definition) is 2. The van der Waals surface area contributed by atoms with E-state index < -0.39 is 39.7 Å². The molecular weight excluding hydrogens is 240 g/mol. The molecule has 0 aliphatic heterocycles. The molecule has 0 fully saturated rings. The van der Waals surface area contributed by atoms with Gasteiger partial charge in [-0.25, -0.2) is 17.6 Å². The first-order valence-corrected chi connectivity index (χ1v) is 4.55. The number of halogens is 4. The van der Waals surface area contributed by atoms with E-state index in [1.807, 2.05) is 4.98 Å². The van der Waals surface area contributed by atoms with Crippen LogP contribution in [0.15, 0.2) is 10.9 Å². The van der Waals surface area contributed by atoms with Crippen molar-refractivity contribution < 1.29 is 17.6 Å². The van der Waals surface area contributed by atoms with Crippen molar-refractivity contribution in [1.82, 2.24) is 4.98 Å². The Labute approximate surface area is 91.9 Å². The summed E-state index contributed by atoms with van der Waals surface area (Å²) < 4.78 is 52.5. The van der Waals surface area contributed by atoms with Crippen LogP contribution in [0.25, 0.3) is 10.9 Å². The molecule has 7 heteroatoms. The minimum absolute atomic E-state index is 0.0539. The number of H-pyrrole nitrogens is 1. The molecule has 0 amide bonds. The van der Waals surface area contributed by atoms with Gasteiger partial charge in [0.25, 0.3) is 5.56 Å². The van der Waals surface area contributed by atoms with E-state index in [2.05, 4.69) is 0 Å². The summed E-state index contributed by atoms with van der Waals surface area (Å²) in [6, 6.07) is 0.898. The van der Waals surface area contributed by atoms with Crippen LogP contribution in [0, 0.1) is 23.3 Å². The maximum absolute atomic E-state index is 13.3. The van der Waals surface area contributed by atoms with Crippen LogP contribution in [0.1, 0.15) is 5.56 Å². The van der Waals surface area contributed by atoms with E-state index >= 15 is 0 Å². The number of aromatic amines is 1. The molecule has 0 saturated heterocycles. The average molecular weight is 246 g/mol. The van der Waals surface area contributed by atoms with Gasteiger partial charge in [0.2, 0.25) is 0 Å². The second-order valence-corrected chi connectivity index (χ2v) is 3.37. The SMILES string of the molecule is NCc1cc2c(F)c(F)c(F)c(F)c2[nH]c1=O. The van der Waals surface area contributed by atoms with Crippen molar-refractivity contribution in [2.24, 2.45) is 5.73 Å². The van der Waals surface area contributed by atoms with Crippen LogP contribution in [0.4, 0.5) is 17.6 Å². The fourth-order valence-electron chi connectivity index (χ4n) is 1.49. The Bertz CT molecular complexity index is 666. The Morgan fingerprint density at radius 3 is 2.24 bits per heavy atom. The molecule has 3 nitrogen and oxygen atoms in total. The molecule has 3 N–H and O–H groups in total. The third-order valence-electron chi connectivity index (χ3n) is 2.37. The molecule has 0 spiro atoms. The first-order chi connectivity index (χ1) is 7.97. The zero-order chi connectivity index (χ0) is 12.7. The van der Waals surface area contributed by atoms with Gasteiger partial charge >= 0.3 is 0 Å². The lowest BCUT2D eigenvalue weighted by Gasteiger charge is -2.05. The zero-order valence-electron chi connectivity index (χ0n) is 8.28. The van der Waals surface area contributed by atoms with Gasteiger partial charge in [0, 0.05) is 17.5 Å². The first-order valence-electron chi connectivity index (χ1n) is 4.55. The maximum atomic E-state index is 13.3. The molecule has 0 atom stereocenters. The van der Waals surface area contributed by atoms with Gasteiger partial charge in [0.1, 0.15) is 0 Å². The lowest BCUT2D eigenvalue weighted by molar-refractivity contribution is 0.417. The molecule has 1 aromatic carbocycles. The molecule has 0 aliphatic rings. The number of aromatic nitrogens is 1. The van der Waals surface area contributed by atoms with Crippen molar-refractivity contribution in [3.63, 3.8) is 0 Å². The standard InChI is InChI=1S/C10H6F4N2O/c11-5-4-1-3(2-15)10(17)16-9(4)8(14)7(13)6(5)12/h1H,2,15H2,(H,16,17). The highest BCUT2D eigenvalue weighted by molar-refractivity contribution is 5.80. The van der Waals surface area contributed by atoms with E-state index in [9.17, 15) is 22.4 Å². The van der Waals surface area contributed by atoms with Gasteiger partial charge in [-0.15, -0.1) is 0 Å². The maximum Gasteiger partial charge on any atom is 0.253 e. The van der Waals surface area contributed by atoms with Crippen molar-refractivity contribution in [2.75, 3.05) is 0 Å². The molecule has 2 aromatic rings. The monoisotopic (exact) mass is 246 g/mol. The van der Waals surface area contributed by atoms with E-state index in [1.54, 1.807) is 0 Å². The number of benzene rings is 1. The number of fused-ring (bicyclic) bond motifs is 1. The normalized spacial score (nSPS) is 11.1. The van der Waals surface area contributed by atoms with E-state index in [4.69, 9.17) is 5.73 Å². The Kier molecular flexibility index (Phi) is 2.62. The van der Waals surface area contributed by atoms with E-state index in [-0.39, 0.29) is 12.1 Å². The van der Waals surface area contributed by atoms with Gasteiger partial charge in [-0.2, -0.15) is 0 Å². The van der Waals surface area contributed by atoms with Gasteiger partial charge in [-0.05, 0) is 6.07 Å². The van der Waals surface area contributed by atoms with Gasteiger partial charge < -0.3 is 10.7 Å². The molecule has 17 heavy (non-hydrogen) atoms. The minimum Gasteiger partial charge on any atom is -0.326 e. The van der Waals surface area contributed by atoms with Crippen LogP contribution in [0.3, 0.4) is 0 Å². The molecule has 1 aromatic heterocycles. The zero-order valence-corrected chi connectivity index (χ0v) is 8.28. The summed E-state index contributed by atoms with van der Waals surface area (Å²) in [5, 5.41) is -0.554. The highest BCUT2D eigenvalue weighted by Gasteiger charge is 2.21. The molecule has 90 valence electrons. The molecule has 0 unspecified atom stereocenters. The minimum atomic E-state index is -1.97. The van der Waals surface area contributed by atoms with E-state index in [1.165, 1.54) is 0 Å². The lowest BCUT2D eigenvalue weighted by atomic mass is 10.1. The Morgan fingerprint density at radius 1 is 1.06 bits per heavy atom. The predicted molar refractivity (Wildman–Crippen MR) is 52.3 cm³/mol. The van der Waals surface area contributed by atoms with Gasteiger partial charge in [-0.1, -0.05) is 0 Å². The topological polar surface area (TPSA) is 58.9 Å². The van der Waals surface area contributed by atoms with Gasteiger partial charge in [-0.3, -0.25) is 4.79 Å². The summed E-state index contributed by atoms with van der Waals surface area (Å²) in [7, 11) is 0. The van der Waals surface area contributed by atoms with E-state index in [0.29, 0.717) is 0 Å². The fraction of sp³-hybridized carbons (Fsp3) is 0.100. The van der Waals surface area contributed by atoms with Crippen LogP contribution in [-0.2, 0) is 6.54 Å². The predicted octanol–water partition coefficient (Wildman–Crippen LogP) is 1.54. The summed E-state index contributed by atoms with van der Waals surface area (Å²) in [5.74, 6) is -7.10. The highest BCUT2D eigenvalue weighted by atomic mass is 19.2. The van der Waals surface area contributed by atoms with Crippen molar-refractivity contribution in [3.05, 3.63) is 45.3 Å². The van der Waals surface area contributed by atoms with Crippen molar-refractivity contribution >= 4 is 10.9 Å². The second-order valence-electron chi connectivity index (χ2n) is 3.37. The Hall–Kier alpha value is -1.89. The number of pyridine rings is 1. The van der Waals surface area contributed by atoms with E-state index in [0.717, 1.165) is 6.07 Å². The lowest BCUT2D eigenvalue weighted by Crippen LogP contribution is -2.17. The van der Waals surface area contributed by atoms with Crippen LogP contribution in [0.5, 0.6) is 0 Å². The summed E-state index contributed by atoms with van der Waals surface area (Å²) >= 11 is 0. The van der Waals surface area contributed by atoms with Crippen LogP contribution in [0.2, 0.25) is 0 Å². The van der Waals surface area contributed by atoms with Crippen molar-refractivity contribution in [3.8, 4) is 0 Å². The fourth-order valence-corrected chi connectivity index (χ4v) is 1.49. The van der Waals surface area contributed by atoms with Crippen LogP contribution >= 0.6 is 0 Å². The molecule has 0 saturated carbocycles. The number of nitrogens with one attached hydrogen (secondary N) is 1. The summed E-state index contributed by atoms with van der Waals surface area (Å²) in [5.41, 5.74) is 3.65. The Balaban J connectivity index is 3.01. The summed E-state index contributed by atoms with van der Waals surface area (Å²) in [6.07, 6.45) is 0. The summed E-state index contributed by atoms with van der Waals surface area (Å²) in [4.78, 5) is 13.2. The molecule has 2 rings (SSSR count). The number of hydrogen-bond donors (Lipinski definition) is 2. The quantitative estimate of drug-likeness (QED) is 0.455. The van der Waals surface area contributed by atoms with Crippen LogP contribution in [-0.4, -0.2) is 4.98 Å². The average Bonchev–Trinajstić information content (AvgIpc) is 2.33. The smallest absolute Gasteiger partial charge is 0.253 e. The molecule has 0 radical (unpaired) electrons. The highest BCUT2D eigenvalue weighted by Crippen LogP contribution is 2.24. The van der Waals surface area contributed by atoms with Crippen molar-refractivity contribution in [2.45, 2.75) is 6.54 Å². The van der Waals surface area contributed by atoms with Gasteiger partial charge in [0.05, 0.1) is 5.52 Å². The largest absolute Gasteiger partial charge is 0.326 e. The van der Waals surface area contributed by atoms with Crippen molar-refractivity contribution in [1.29, 1.82) is 0 Å². The third-order valence-corrected chi connectivity index (χ3v) is 2.37. The second kappa shape index (κ2) is 3.85. The summed E-state index contributed by atoms with van der Waals surface area (Å²) in [6.45, 7) is -0.231. The molecule has 0 bridgehead atoms. The Morgan fingerprint density at radius 2 is 1.65 bits per heavy atom. The molecular formula is C10H6F4N2O. The number of rotatable bonds is 1. The van der Waals surface area contributed by atoms with Crippen LogP contribution < -0.4 is 11.3 Å². The van der Waals surface area contributed by atoms with Gasteiger partial charge in [0.15, 0.2) is 23.3 Å².